The number of benzene rings is 1. The van der Waals surface area contributed by atoms with E-state index in [9.17, 15) is 17.2 Å². The summed E-state index contributed by atoms with van der Waals surface area (Å²) >= 11 is 0. The Balaban J connectivity index is 2.78. The monoisotopic (exact) mass is 319 g/mol. The summed E-state index contributed by atoms with van der Waals surface area (Å²) in [6.45, 7) is 6.40. The second-order valence-corrected chi connectivity index (χ2v) is 7.25. The highest BCUT2D eigenvalue weighted by Gasteiger charge is 2.26. The quantitative estimate of drug-likeness (QED) is 0.776. The van der Waals surface area contributed by atoms with Gasteiger partial charge in [0.15, 0.2) is 0 Å². The maximum Gasteiger partial charge on any atom is 0.341 e. The Morgan fingerprint density at radius 1 is 1.10 bits per heavy atom. The van der Waals surface area contributed by atoms with Crippen LogP contribution in [0.3, 0.4) is 0 Å². The molecule has 1 aromatic rings. The van der Waals surface area contributed by atoms with Crippen molar-refractivity contribution in [3.8, 4) is 0 Å². The summed E-state index contributed by atoms with van der Waals surface area (Å²) < 4.78 is 47.6. The van der Waals surface area contributed by atoms with Gasteiger partial charge >= 0.3 is 5.76 Å². The van der Waals surface area contributed by atoms with Crippen LogP contribution in [0.1, 0.15) is 40.0 Å². The van der Waals surface area contributed by atoms with Crippen molar-refractivity contribution in [3.05, 3.63) is 24.3 Å². The fraction of sp³-hybridized carbons (Fsp3) is 0.600. The van der Waals surface area contributed by atoms with E-state index in [1.807, 2.05) is 0 Å². The van der Waals surface area contributed by atoms with Gasteiger partial charge in [0, 0.05) is 11.7 Å². The van der Waals surface area contributed by atoms with Crippen LogP contribution in [0.4, 0.5) is 14.5 Å². The highest BCUT2D eigenvalue weighted by Crippen LogP contribution is 2.22. The molecular weight excluding hydrogens is 296 g/mol. The molecule has 0 aromatic heterocycles. The average molecular weight is 319 g/mol. The van der Waals surface area contributed by atoms with Crippen LogP contribution in [-0.4, -0.2) is 20.2 Å². The number of hydrogen-bond donors (Lipinski definition) is 1. The number of rotatable bonds is 8. The molecule has 0 heterocycles. The summed E-state index contributed by atoms with van der Waals surface area (Å²) in [6.07, 6.45) is 3.06. The van der Waals surface area contributed by atoms with E-state index in [0.29, 0.717) is 5.92 Å². The van der Waals surface area contributed by atoms with Gasteiger partial charge in [0.05, 0.1) is 4.90 Å². The first-order valence-corrected chi connectivity index (χ1v) is 8.74. The lowest BCUT2D eigenvalue weighted by atomic mass is 9.97. The fourth-order valence-electron chi connectivity index (χ4n) is 2.06. The molecule has 1 aromatic carbocycles. The zero-order valence-electron chi connectivity index (χ0n) is 12.6. The van der Waals surface area contributed by atoms with Crippen LogP contribution in [-0.2, 0) is 9.84 Å². The summed E-state index contributed by atoms with van der Waals surface area (Å²) in [5.74, 6) is -2.79. The van der Waals surface area contributed by atoms with Crippen molar-refractivity contribution in [2.75, 3.05) is 5.32 Å². The third-order valence-corrected chi connectivity index (χ3v) is 5.06. The Morgan fingerprint density at radius 3 is 2.10 bits per heavy atom. The average Bonchev–Trinajstić information content (AvgIpc) is 2.46. The molecule has 0 fully saturated rings. The first-order valence-electron chi connectivity index (χ1n) is 7.19. The predicted molar refractivity (Wildman–Crippen MR) is 81.4 cm³/mol. The van der Waals surface area contributed by atoms with E-state index >= 15 is 0 Å². The van der Waals surface area contributed by atoms with Crippen LogP contribution in [0.25, 0.3) is 0 Å². The van der Waals surface area contributed by atoms with Crippen molar-refractivity contribution in [1.29, 1.82) is 0 Å². The van der Waals surface area contributed by atoms with E-state index in [-0.39, 0.29) is 10.9 Å². The first kappa shape index (κ1) is 17.9. The summed E-state index contributed by atoms with van der Waals surface area (Å²) in [5.41, 5.74) is 0.748. The Hall–Kier alpha value is -1.17. The molecule has 2 atom stereocenters. The third-order valence-electron chi connectivity index (χ3n) is 3.66. The lowest BCUT2D eigenvalue weighted by Crippen LogP contribution is -2.21. The van der Waals surface area contributed by atoms with Crippen LogP contribution in [0.5, 0.6) is 0 Å². The predicted octanol–water partition coefficient (Wildman–Crippen LogP) is 4.31. The minimum atomic E-state index is -4.51. The highest BCUT2D eigenvalue weighted by molar-refractivity contribution is 7.91. The number of sulfone groups is 1. The second-order valence-electron chi connectivity index (χ2n) is 5.33. The van der Waals surface area contributed by atoms with Gasteiger partial charge in [-0.3, -0.25) is 0 Å². The standard InChI is InChI=1S/C15H23F2NO2S/c1-4-11(3)10-12(5-2)18-13-6-8-14(9-7-13)21(19,20)15(16)17/h6-9,11-12,15,18H,4-5,10H2,1-3H3. The molecule has 0 aliphatic carbocycles. The molecule has 0 saturated heterocycles. The van der Waals surface area contributed by atoms with Crippen molar-refractivity contribution in [3.63, 3.8) is 0 Å². The van der Waals surface area contributed by atoms with Gasteiger partial charge in [-0.25, -0.2) is 8.42 Å². The van der Waals surface area contributed by atoms with Gasteiger partial charge in [0.1, 0.15) is 0 Å². The van der Waals surface area contributed by atoms with Crippen molar-refractivity contribution in [2.45, 2.75) is 56.7 Å². The normalized spacial score (nSPS) is 15.0. The summed E-state index contributed by atoms with van der Waals surface area (Å²) in [7, 11) is -4.51. The maximum atomic E-state index is 12.4. The summed E-state index contributed by atoms with van der Waals surface area (Å²) in [6, 6.07) is 5.81. The number of anilines is 1. The lowest BCUT2D eigenvalue weighted by molar-refractivity contribution is 0.234. The molecule has 0 radical (unpaired) electrons. The van der Waals surface area contributed by atoms with Crippen molar-refractivity contribution < 1.29 is 17.2 Å². The molecule has 2 unspecified atom stereocenters. The molecule has 0 amide bonds. The van der Waals surface area contributed by atoms with E-state index in [1.54, 1.807) is 0 Å². The summed E-state index contributed by atoms with van der Waals surface area (Å²) in [4.78, 5) is -0.349. The Labute approximate surface area is 125 Å². The lowest BCUT2D eigenvalue weighted by Gasteiger charge is -2.21. The van der Waals surface area contributed by atoms with Crippen LogP contribution in [0.15, 0.2) is 29.2 Å². The fourth-order valence-corrected chi connectivity index (χ4v) is 2.78. The smallest absolute Gasteiger partial charge is 0.341 e. The zero-order chi connectivity index (χ0) is 16.0. The minimum absolute atomic E-state index is 0.289. The molecule has 21 heavy (non-hydrogen) atoms. The van der Waals surface area contributed by atoms with Gasteiger partial charge in [0.25, 0.3) is 0 Å². The number of hydrogen-bond acceptors (Lipinski definition) is 3. The number of halogens is 2. The van der Waals surface area contributed by atoms with E-state index in [2.05, 4.69) is 26.1 Å². The Morgan fingerprint density at radius 2 is 1.67 bits per heavy atom. The molecule has 0 saturated carbocycles. The van der Waals surface area contributed by atoms with Crippen molar-refractivity contribution >= 4 is 15.5 Å². The van der Waals surface area contributed by atoms with Crippen LogP contribution in [0.2, 0.25) is 0 Å². The van der Waals surface area contributed by atoms with E-state index in [0.717, 1.165) is 24.9 Å². The molecule has 3 nitrogen and oxygen atoms in total. The SMILES string of the molecule is CCC(C)CC(CC)Nc1ccc(S(=O)(=O)C(F)F)cc1. The molecule has 6 heteroatoms. The Bertz CT molecular complexity index is 529. The maximum absolute atomic E-state index is 12.4. The minimum Gasteiger partial charge on any atom is -0.382 e. The zero-order valence-corrected chi connectivity index (χ0v) is 13.5. The van der Waals surface area contributed by atoms with Crippen molar-refractivity contribution in [1.82, 2.24) is 0 Å². The van der Waals surface area contributed by atoms with E-state index in [4.69, 9.17) is 0 Å². The molecule has 120 valence electrons. The van der Waals surface area contributed by atoms with Crippen LogP contribution >= 0.6 is 0 Å². The number of alkyl halides is 2. The van der Waals surface area contributed by atoms with Crippen LogP contribution in [0, 0.1) is 5.92 Å². The number of nitrogens with one attached hydrogen (secondary N) is 1. The molecule has 0 aliphatic heterocycles. The van der Waals surface area contributed by atoms with E-state index in [1.165, 1.54) is 24.3 Å². The molecule has 1 N–H and O–H groups in total. The van der Waals surface area contributed by atoms with Gasteiger partial charge in [-0.15, -0.1) is 0 Å². The van der Waals surface area contributed by atoms with E-state index < -0.39 is 15.6 Å². The molecular formula is C15H23F2NO2S. The topological polar surface area (TPSA) is 46.2 Å². The second kappa shape index (κ2) is 7.73. The Kier molecular flexibility index (Phi) is 6.58. The van der Waals surface area contributed by atoms with Gasteiger partial charge in [-0.05, 0) is 43.0 Å². The van der Waals surface area contributed by atoms with Crippen molar-refractivity contribution in [2.24, 2.45) is 5.92 Å². The van der Waals surface area contributed by atoms with Gasteiger partial charge < -0.3 is 5.32 Å². The third kappa shape index (κ3) is 4.95. The van der Waals surface area contributed by atoms with Crippen LogP contribution < -0.4 is 5.32 Å². The van der Waals surface area contributed by atoms with Gasteiger partial charge in [0.2, 0.25) is 9.84 Å². The first-order chi connectivity index (χ1) is 9.81. The molecule has 0 spiro atoms. The molecule has 1 rings (SSSR count). The largest absolute Gasteiger partial charge is 0.382 e. The summed E-state index contributed by atoms with van der Waals surface area (Å²) in [5, 5.41) is 3.32. The highest BCUT2D eigenvalue weighted by atomic mass is 32.2. The molecule has 0 aliphatic rings. The molecule has 0 bridgehead atoms. The van der Waals surface area contributed by atoms with Gasteiger partial charge in [-0.1, -0.05) is 27.2 Å². The van der Waals surface area contributed by atoms with Gasteiger partial charge in [-0.2, -0.15) is 8.78 Å².